The third-order valence-corrected chi connectivity index (χ3v) is 1.34. The molecule has 1 rings (SSSR count). The lowest BCUT2D eigenvalue weighted by Crippen LogP contribution is -2.13. The molecular weight excluding hydrogens is 130 g/mol. The maximum atomic E-state index is 10.9. The Morgan fingerprint density at radius 3 is 2.80 bits per heavy atom. The van der Waals surface area contributed by atoms with Gasteiger partial charge in [-0.1, -0.05) is 0 Å². The van der Waals surface area contributed by atoms with E-state index in [1.54, 1.807) is 0 Å². The van der Waals surface area contributed by atoms with E-state index in [4.69, 9.17) is 10.2 Å². The molecule has 54 valence electrons. The minimum atomic E-state index is -0.0775. The van der Waals surface area contributed by atoms with Crippen LogP contribution < -0.4 is 5.73 Å². The predicted octanol–water partition coefficient (Wildman–Crippen LogP) is 0.729. The summed E-state index contributed by atoms with van der Waals surface area (Å²) in [7, 11) is 0. The van der Waals surface area contributed by atoms with Crippen LogP contribution in [-0.2, 0) is 0 Å². The van der Waals surface area contributed by atoms with Gasteiger partial charge in [0.25, 0.3) is 0 Å². The number of aryl methyl sites for hydroxylation is 1. The largest absolute Gasteiger partial charge is 0.472 e. The Bertz CT molecular complexity index is 240. The number of carbonyl (C=O) groups is 1. The molecule has 0 atom stereocenters. The molecule has 0 saturated heterocycles. The number of ketones is 1. The standard InChI is InChI=1S/C7H9NO2/c1-5-3-10-4-6(5)7(9)2-8/h3-4H,2,8H2,1H3. The molecule has 0 unspecified atom stereocenters. The molecule has 0 aliphatic rings. The van der Waals surface area contributed by atoms with Crippen LogP contribution in [-0.4, -0.2) is 12.3 Å². The number of rotatable bonds is 2. The summed E-state index contributed by atoms with van der Waals surface area (Å²) in [5, 5.41) is 0. The van der Waals surface area contributed by atoms with E-state index in [9.17, 15) is 4.79 Å². The molecule has 0 aromatic carbocycles. The summed E-state index contributed by atoms with van der Waals surface area (Å²) in [5.74, 6) is -0.0775. The van der Waals surface area contributed by atoms with E-state index in [0.29, 0.717) is 5.56 Å². The van der Waals surface area contributed by atoms with Gasteiger partial charge in [-0.25, -0.2) is 0 Å². The first kappa shape index (κ1) is 7.02. The summed E-state index contributed by atoms with van der Waals surface area (Å²) in [6.45, 7) is 1.85. The molecule has 0 fully saturated rings. The zero-order valence-corrected chi connectivity index (χ0v) is 5.76. The minimum absolute atomic E-state index is 0.0420. The van der Waals surface area contributed by atoms with Crippen molar-refractivity contribution in [1.82, 2.24) is 0 Å². The Hall–Kier alpha value is -1.09. The highest BCUT2D eigenvalue weighted by Crippen LogP contribution is 2.08. The molecule has 0 radical (unpaired) electrons. The van der Waals surface area contributed by atoms with Crippen LogP contribution in [0.15, 0.2) is 16.9 Å². The minimum Gasteiger partial charge on any atom is -0.472 e. The second kappa shape index (κ2) is 2.66. The first-order valence-electron chi connectivity index (χ1n) is 3.01. The molecule has 0 saturated carbocycles. The van der Waals surface area contributed by atoms with Crippen molar-refractivity contribution in [2.45, 2.75) is 6.92 Å². The number of furan rings is 1. The third kappa shape index (κ3) is 1.09. The Labute approximate surface area is 58.8 Å². The van der Waals surface area contributed by atoms with E-state index in [1.165, 1.54) is 12.5 Å². The van der Waals surface area contributed by atoms with Gasteiger partial charge in [-0.15, -0.1) is 0 Å². The number of carbonyl (C=O) groups excluding carboxylic acids is 1. The maximum Gasteiger partial charge on any atom is 0.179 e. The maximum absolute atomic E-state index is 10.9. The van der Waals surface area contributed by atoms with Gasteiger partial charge >= 0.3 is 0 Å². The molecule has 10 heavy (non-hydrogen) atoms. The fourth-order valence-electron chi connectivity index (χ4n) is 0.756. The Morgan fingerprint density at radius 1 is 1.70 bits per heavy atom. The highest BCUT2D eigenvalue weighted by atomic mass is 16.3. The highest BCUT2D eigenvalue weighted by molar-refractivity contribution is 5.98. The molecule has 1 aromatic heterocycles. The highest BCUT2D eigenvalue weighted by Gasteiger charge is 2.07. The second-order valence-electron chi connectivity index (χ2n) is 2.10. The normalized spacial score (nSPS) is 9.80. The summed E-state index contributed by atoms with van der Waals surface area (Å²) < 4.78 is 4.79. The first-order valence-corrected chi connectivity index (χ1v) is 3.01. The quantitative estimate of drug-likeness (QED) is 0.614. The fraction of sp³-hybridized carbons (Fsp3) is 0.286. The van der Waals surface area contributed by atoms with Gasteiger partial charge in [0.1, 0.15) is 6.26 Å². The van der Waals surface area contributed by atoms with Crippen molar-refractivity contribution in [3.63, 3.8) is 0 Å². The molecule has 0 aliphatic heterocycles. The van der Waals surface area contributed by atoms with Crippen LogP contribution in [0.3, 0.4) is 0 Å². The molecule has 0 aliphatic carbocycles. The van der Waals surface area contributed by atoms with Crippen molar-refractivity contribution in [2.75, 3.05) is 6.54 Å². The predicted molar refractivity (Wildman–Crippen MR) is 36.8 cm³/mol. The topological polar surface area (TPSA) is 56.2 Å². The van der Waals surface area contributed by atoms with Gasteiger partial charge in [0.15, 0.2) is 5.78 Å². The average molecular weight is 139 g/mol. The summed E-state index contributed by atoms with van der Waals surface area (Å²) in [6.07, 6.45) is 2.95. The van der Waals surface area contributed by atoms with Gasteiger partial charge in [-0.3, -0.25) is 4.79 Å². The number of Topliss-reactive ketones (excluding diaryl/α,β-unsaturated/α-hetero) is 1. The monoisotopic (exact) mass is 139 g/mol. The van der Waals surface area contributed by atoms with E-state index >= 15 is 0 Å². The average Bonchev–Trinajstić information content (AvgIpc) is 2.34. The second-order valence-corrected chi connectivity index (χ2v) is 2.10. The molecule has 0 spiro atoms. The number of hydrogen-bond donors (Lipinski definition) is 1. The molecule has 1 aromatic rings. The lowest BCUT2D eigenvalue weighted by atomic mass is 10.1. The Balaban J connectivity index is 2.93. The molecule has 3 nitrogen and oxygen atoms in total. The summed E-state index contributed by atoms with van der Waals surface area (Å²) in [4.78, 5) is 10.9. The van der Waals surface area contributed by atoms with Crippen molar-refractivity contribution in [2.24, 2.45) is 5.73 Å². The molecule has 0 amide bonds. The summed E-state index contributed by atoms with van der Waals surface area (Å²) in [6, 6.07) is 0. The van der Waals surface area contributed by atoms with Crippen molar-refractivity contribution in [3.05, 3.63) is 23.7 Å². The van der Waals surface area contributed by atoms with Crippen molar-refractivity contribution < 1.29 is 9.21 Å². The molecule has 3 heteroatoms. The lowest BCUT2D eigenvalue weighted by molar-refractivity contribution is 0.100. The Kier molecular flexibility index (Phi) is 1.87. The SMILES string of the molecule is Cc1cocc1C(=O)CN. The van der Waals surface area contributed by atoms with E-state index in [1.807, 2.05) is 6.92 Å². The van der Waals surface area contributed by atoms with Crippen molar-refractivity contribution in [1.29, 1.82) is 0 Å². The van der Waals surface area contributed by atoms with E-state index < -0.39 is 0 Å². The fourth-order valence-corrected chi connectivity index (χ4v) is 0.756. The number of nitrogens with two attached hydrogens (primary N) is 1. The molecule has 0 bridgehead atoms. The van der Waals surface area contributed by atoms with Crippen LogP contribution in [0.2, 0.25) is 0 Å². The van der Waals surface area contributed by atoms with Gasteiger partial charge < -0.3 is 10.2 Å². The van der Waals surface area contributed by atoms with Crippen LogP contribution in [0, 0.1) is 6.92 Å². The van der Waals surface area contributed by atoms with Crippen LogP contribution >= 0.6 is 0 Å². The zero-order chi connectivity index (χ0) is 7.56. The van der Waals surface area contributed by atoms with E-state index in [-0.39, 0.29) is 12.3 Å². The van der Waals surface area contributed by atoms with Gasteiger partial charge in [0, 0.05) is 0 Å². The van der Waals surface area contributed by atoms with Crippen molar-refractivity contribution >= 4 is 5.78 Å². The van der Waals surface area contributed by atoms with Gasteiger partial charge in [-0.05, 0) is 12.5 Å². The number of hydrogen-bond acceptors (Lipinski definition) is 3. The van der Waals surface area contributed by atoms with Crippen molar-refractivity contribution in [3.8, 4) is 0 Å². The smallest absolute Gasteiger partial charge is 0.179 e. The Morgan fingerprint density at radius 2 is 2.40 bits per heavy atom. The first-order chi connectivity index (χ1) is 4.75. The van der Waals surface area contributed by atoms with Crippen LogP contribution in [0.4, 0.5) is 0 Å². The molecular formula is C7H9NO2. The van der Waals surface area contributed by atoms with Gasteiger partial charge in [-0.2, -0.15) is 0 Å². The van der Waals surface area contributed by atoms with Gasteiger partial charge in [0.05, 0.1) is 18.4 Å². The molecule has 2 N–H and O–H groups in total. The summed E-state index contributed by atoms with van der Waals surface area (Å²) >= 11 is 0. The lowest BCUT2D eigenvalue weighted by Gasteiger charge is -1.90. The van der Waals surface area contributed by atoms with Crippen LogP contribution in [0.5, 0.6) is 0 Å². The van der Waals surface area contributed by atoms with E-state index in [0.717, 1.165) is 5.56 Å². The van der Waals surface area contributed by atoms with Gasteiger partial charge in [0.2, 0.25) is 0 Å². The van der Waals surface area contributed by atoms with Crippen LogP contribution in [0.1, 0.15) is 15.9 Å². The molecule has 1 heterocycles. The summed E-state index contributed by atoms with van der Waals surface area (Å²) in [5.41, 5.74) is 6.57. The third-order valence-electron chi connectivity index (χ3n) is 1.34. The van der Waals surface area contributed by atoms with E-state index in [2.05, 4.69) is 0 Å². The zero-order valence-electron chi connectivity index (χ0n) is 5.76. The van der Waals surface area contributed by atoms with Crippen LogP contribution in [0.25, 0.3) is 0 Å².